The Kier molecular flexibility index (Phi) is 8.37. The fourth-order valence-electron chi connectivity index (χ4n) is 1.34. The molecule has 0 aliphatic heterocycles. The van der Waals surface area contributed by atoms with Crippen molar-refractivity contribution in [2.45, 2.75) is 46.2 Å². The second-order valence-electron chi connectivity index (χ2n) is 3.57. The summed E-state index contributed by atoms with van der Waals surface area (Å²) >= 11 is 0. The molecule has 0 aromatic carbocycles. The zero-order valence-electron chi connectivity index (χ0n) is 8.78. The molecule has 0 amide bonds. The first-order valence-electron chi connectivity index (χ1n) is 4.42. The van der Waals surface area contributed by atoms with Crippen molar-refractivity contribution in [1.29, 1.82) is 0 Å². The minimum absolute atomic E-state index is 0. The monoisotopic (exact) mass is 209 g/mol. The molecule has 0 fully saturated rings. The maximum atomic E-state index is 10.3. The van der Waals surface area contributed by atoms with Gasteiger partial charge in [0.05, 0.1) is 6.42 Å². The van der Waals surface area contributed by atoms with Gasteiger partial charge in [-0.3, -0.25) is 9.69 Å². The summed E-state index contributed by atoms with van der Waals surface area (Å²) in [6, 6.07) is 0.841. The highest BCUT2D eigenvalue weighted by atomic mass is 35.5. The Labute approximate surface area is 86.5 Å². The number of carbonyl (C=O) groups is 1. The van der Waals surface area contributed by atoms with Gasteiger partial charge in [-0.05, 0) is 27.7 Å². The summed E-state index contributed by atoms with van der Waals surface area (Å²) < 4.78 is 0. The minimum Gasteiger partial charge on any atom is -0.481 e. The van der Waals surface area contributed by atoms with Gasteiger partial charge in [-0.25, -0.2) is 0 Å². The van der Waals surface area contributed by atoms with Crippen LogP contribution in [0, 0.1) is 0 Å². The average molecular weight is 210 g/mol. The lowest BCUT2D eigenvalue weighted by atomic mass is 10.2. The molecule has 0 unspecified atom stereocenters. The summed E-state index contributed by atoms with van der Waals surface area (Å²) in [6.07, 6.45) is 0.232. The predicted octanol–water partition coefficient (Wildman–Crippen LogP) is 2.00. The van der Waals surface area contributed by atoms with E-state index in [1.165, 1.54) is 0 Å². The van der Waals surface area contributed by atoms with E-state index in [0.29, 0.717) is 18.6 Å². The van der Waals surface area contributed by atoms with Crippen LogP contribution < -0.4 is 0 Å². The van der Waals surface area contributed by atoms with Gasteiger partial charge in [0.15, 0.2) is 0 Å². The fourth-order valence-corrected chi connectivity index (χ4v) is 1.34. The average Bonchev–Trinajstić information content (AvgIpc) is 1.84. The third-order valence-corrected chi connectivity index (χ3v) is 1.91. The summed E-state index contributed by atoms with van der Waals surface area (Å²) in [7, 11) is 0. The van der Waals surface area contributed by atoms with E-state index in [9.17, 15) is 4.79 Å². The van der Waals surface area contributed by atoms with Crippen molar-refractivity contribution in [3.05, 3.63) is 0 Å². The molecule has 0 rings (SSSR count). The lowest BCUT2D eigenvalue weighted by molar-refractivity contribution is -0.137. The standard InChI is InChI=1S/C9H19NO2.ClH/c1-7(2)10(8(3)4)6-5-9(11)12;/h7-8H,5-6H2,1-4H3,(H,11,12);1H. The van der Waals surface area contributed by atoms with Crippen molar-refractivity contribution < 1.29 is 9.90 Å². The summed E-state index contributed by atoms with van der Waals surface area (Å²) in [5.41, 5.74) is 0. The normalized spacial score (nSPS) is 10.7. The molecule has 0 aromatic heterocycles. The molecule has 0 heterocycles. The topological polar surface area (TPSA) is 40.5 Å². The molecule has 0 bridgehead atoms. The Hall–Kier alpha value is -0.280. The summed E-state index contributed by atoms with van der Waals surface area (Å²) in [6.45, 7) is 8.98. The number of hydrogen-bond acceptors (Lipinski definition) is 2. The SMILES string of the molecule is CC(C)N(CCC(=O)O)C(C)C.Cl. The summed E-state index contributed by atoms with van der Waals surface area (Å²) in [4.78, 5) is 12.5. The molecule has 1 N–H and O–H groups in total. The molecular formula is C9H20ClNO2. The smallest absolute Gasteiger partial charge is 0.304 e. The quantitative estimate of drug-likeness (QED) is 0.753. The Morgan fingerprint density at radius 1 is 1.23 bits per heavy atom. The van der Waals surface area contributed by atoms with E-state index < -0.39 is 5.97 Å². The number of halogens is 1. The molecule has 0 saturated heterocycles. The first-order valence-corrected chi connectivity index (χ1v) is 4.42. The molecule has 0 atom stereocenters. The van der Waals surface area contributed by atoms with Gasteiger partial charge in [-0.1, -0.05) is 0 Å². The second kappa shape index (κ2) is 7.15. The lowest BCUT2D eigenvalue weighted by Crippen LogP contribution is -2.38. The molecule has 80 valence electrons. The number of nitrogens with zero attached hydrogens (tertiary/aromatic N) is 1. The van der Waals surface area contributed by atoms with Gasteiger partial charge in [-0.2, -0.15) is 0 Å². The Morgan fingerprint density at radius 2 is 1.62 bits per heavy atom. The van der Waals surface area contributed by atoms with Crippen LogP contribution in [-0.4, -0.2) is 34.6 Å². The van der Waals surface area contributed by atoms with Crippen LogP contribution >= 0.6 is 12.4 Å². The van der Waals surface area contributed by atoms with Crippen LogP contribution in [0.5, 0.6) is 0 Å². The maximum Gasteiger partial charge on any atom is 0.304 e. The zero-order chi connectivity index (χ0) is 9.72. The lowest BCUT2D eigenvalue weighted by Gasteiger charge is -2.29. The molecule has 0 spiro atoms. The van der Waals surface area contributed by atoms with E-state index in [1.54, 1.807) is 0 Å². The fraction of sp³-hybridized carbons (Fsp3) is 0.889. The molecule has 0 aromatic rings. The molecule has 13 heavy (non-hydrogen) atoms. The van der Waals surface area contributed by atoms with E-state index in [4.69, 9.17) is 5.11 Å². The third kappa shape index (κ3) is 6.84. The largest absolute Gasteiger partial charge is 0.481 e. The van der Waals surface area contributed by atoms with Crippen LogP contribution in [0.1, 0.15) is 34.1 Å². The van der Waals surface area contributed by atoms with Crippen LogP contribution in [0.15, 0.2) is 0 Å². The maximum absolute atomic E-state index is 10.3. The molecular weight excluding hydrogens is 190 g/mol. The van der Waals surface area contributed by atoms with Crippen LogP contribution in [0.4, 0.5) is 0 Å². The van der Waals surface area contributed by atoms with Crippen LogP contribution in [0.25, 0.3) is 0 Å². The van der Waals surface area contributed by atoms with Gasteiger partial charge in [0.2, 0.25) is 0 Å². The van der Waals surface area contributed by atoms with Crippen molar-refractivity contribution in [2.24, 2.45) is 0 Å². The number of rotatable bonds is 5. The highest BCUT2D eigenvalue weighted by Crippen LogP contribution is 2.05. The highest BCUT2D eigenvalue weighted by Gasteiger charge is 2.13. The van der Waals surface area contributed by atoms with Crippen molar-refractivity contribution in [3.63, 3.8) is 0 Å². The molecule has 3 nitrogen and oxygen atoms in total. The Bertz CT molecular complexity index is 141. The first kappa shape index (κ1) is 15.2. The van der Waals surface area contributed by atoms with Gasteiger partial charge in [0.1, 0.15) is 0 Å². The van der Waals surface area contributed by atoms with E-state index in [-0.39, 0.29) is 18.8 Å². The Morgan fingerprint density at radius 3 is 1.85 bits per heavy atom. The number of hydrogen-bond donors (Lipinski definition) is 1. The number of carboxylic acids is 1. The van der Waals surface area contributed by atoms with Crippen LogP contribution in [0.3, 0.4) is 0 Å². The molecule has 0 aliphatic carbocycles. The van der Waals surface area contributed by atoms with Crippen molar-refractivity contribution >= 4 is 18.4 Å². The van der Waals surface area contributed by atoms with Gasteiger partial charge in [0.25, 0.3) is 0 Å². The zero-order valence-corrected chi connectivity index (χ0v) is 9.60. The van der Waals surface area contributed by atoms with Crippen molar-refractivity contribution in [2.75, 3.05) is 6.54 Å². The van der Waals surface area contributed by atoms with Crippen molar-refractivity contribution in [3.8, 4) is 0 Å². The third-order valence-electron chi connectivity index (χ3n) is 1.91. The van der Waals surface area contributed by atoms with E-state index in [0.717, 1.165) is 0 Å². The highest BCUT2D eigenvalue weighted by molar-refractivity contribution is 5.85. The van der Waals surface area contributed by atoms with Crippen LogP contribution in [0.2, 0.25) is 0 Å². The molecule has 0 radical (unpaired) electrons. The molecule has 4 heteroatoms. The number of aliphatic carboxylic acids is 1. The molecule has 0 saturated carbocycles. The second-order valence-corrected chi connectivity index (χ2v) is 3.57. The van der Waals surface area contributed by atoms with Gasteiger partial charge in [-0.15, -0.1) is 12.4 Å². The van der Waals surface area contributed by atoms with Gasteiger partial charge >= 0.3 is 5.97 Å². The van der Waals surface area contributed by atoms with E-state index in [1.807, 2.05) is 0 Å². The number of carboxylic acid groups (broad SMARTS) is 1. The van der Waals surface area contributed by atoms with Gasteiger partial charge < -0.3 is 5.11 Å². The summed E-state index contributed by atoms with van der Waals surface area (Å²) in [5.74, 6) is -0.721. The molecule has 0 aliphatic rings. The van der Waals surface area contributed by atoms with Gasteiger partial charge in [0, 0.05) is 18.6 Å². The van der Waals surface area contributed by atoms with Crippen molar-refractivity contribution in [1.82, 2.24) is 4.90 Å². The Balaban J connectivity index is 0. The predicted molar refractivity (Wildman–Crippen MR) is 56.5 cm³/mol. The van der Waals surface area contributed by atoms with E-state index in [2.05, 4.69) is 32.6 Å². The summed E-state index contributed by atoms with van der Waals surface area (Å²) in [5, 5.41) is 8.50. The first-order chi connectivity index (χ1) is 5.45. The minimum atomic E-state index is -0.721. The van der Waals surface area contributed by atoms with Crippen LogP contribution in [-0.2, 0) is 4.79 Å². The van der Waals surface area contributed by atoms with E-state index >= 15 is 0 Å².